The molecule has 0 aliphatic carbocycles. The monoisotopic (exact) mass is 289 g/mol. The molecule has 0 aromatic heterocycles. The first-order chi connectivity index (χ1) is 10.3. The molecule has 1 heteroatoms. The van der Waals surface area contributed by atoms with Crippen LogP contribution >= 0.6 is 0 Å². The Labute approximate surface area is 132 Å². The van der Waals surface area contributed by atoms with Crippen LogP contribution < -0.4 is 5.32 Å². The number of benzene rings is 1. The lowest BCUT2D eigenvalue weighted by molar-refractivity contribution is 0.518. The topological polar surface area (TPSA) is 12.0 Å². The second-order valence-corrected chi connectivity index (χ2v) is 6.27. The summed E-state index contributed by atoms with van der Waals surface area (Å²) in [6.07, 6.45) is 14.1. The van der Waals surface area contributed by atoms with Gasteiger partial charge in [-0.05, 0) is 25.5 Å². The molecule has 120 valence electrons. The zero-order valence-electron chi connectivity index (χ0n) is 14.2. The Kier molecular flexibility index (Phi) is 11.2. The van der Waals surface area contributed by atoms with Crippen LogP contribution in [0.2, 0.25) is 0 Å². The molecule has 0 amide bonds. The second kappa shape index (κ2) is 12.9. The molecular formula is C20H35N. The van der Waals surface area contributed by atoms with Gasteiger partial charge in [-0.3, -0.25) is 0 Å². The van der Waals surface area contributed by atoms with E-state index in [1.54, 1.807) is 0 Å². The van der Waals surface area contributed by atoms with E-state index in [1.807, 2.05) is 0 Å². The van der Waals surface area contributed by atoms with Gasteiger partial charge in [-0.15, -0.1) is 0 Å². The second-order valence-electron chi connectivity index (χ2n) is 6.27. The lowest BCUT2D eigenvalue weighted by Crippen LogP contribution is -2.19. The van der Waals surface area contributed by atoms with E-state index in [9.17, 15) is 0 Å². The molecule has 1 aromatic rings. The largest absolute Gasteiger partial charge is 0.310 e. The van der Waals surface area contributed by atoms with E-state index in [0.29, 0.717) is 6.04 Å². The van der Waals surface area contributed by atoms with Crippen molar-refractivity contribution in [1.82, 2.24) is 5.32 Å². The van der Waals surface area contributed by atoms with E-state index in [0.717, 1.165) is 6.54 Å². The van der Waals surface area contributed by atoms with E-state index in [2.05, 4.69) is 49.5 Å². The van der Waals surface area contributed by atoms with Crippen LogP contribution in [-0.2, 0) is 0 Å². The highest BCUT2D eigenvalue weighted by atomic mass is 14.9. The third-order valence-corrected chi connectivity index (χ3v) is 4.28. The zero-order chi connectivity index (χ0) is 15.2. The maximum Gasteiger partial charge on any atom is 0.0291 e. The Morgan fingerprint density at radius 3 is 1.86 bits per heavy atom. The van der Waals surface area contributed by atoms with Crippen molar-refractivity contribution >= 4 is 0 Å². The Hall–Kier alpha value is -0.820. The highest BCUT2D eigenvalue weighted by molar-refractivity contribution is 5.17. The van der Waals surface area contributed by atoms with Gasteiger partial charge in [-0.2, -0.15) is 0 Å². The molecule has 0 spiro atoms. The highest BCUT2D eigenvalue weighted by Crippen LogP contribution is 2.12. The highest BCUT2D eigenvalue weighted by Gasteiger charge is 2.02. The molecule has 1 unspecified atom stereocenters. The number of rotatable bonds is 13. The van der Waals surface area contributed by atoms with Gasteiger partial charge in [0.1, 0.15) is 0 Å². The van der Waals surface area contributed by atoms with Gasteiger partial charge in [0.15, 0.2) is 0 Å². The average Bonchev–Trinajstić information content (AvgIpc) is 2.53. The molecule has 0 radical (unpaired) electrons. The van der Waals surface area contributed by atoms with Crippen molar-refractivity contribution in [2.24, 2.45) is 0 Å². The van der Waals surface area contributed by atoms with Gasteiger partial charge in [0, 0.05) is 6.04 Å². The molecule has 0 heterocycles. The van der Waals surface area contributed by atoms with Crippen molar-refractivity contribution in [1.29, 1.82) is 0 Å². The van der Waals surface area contributed by atoms with E-state index in [-0.39, 0.29) is 0 Å². The van der Waals surface area contributed by atoms with Crippen LogP contribution in [0, 0.1) is 0 Å². The zero-order valence-corrected chi connectivity index (χ0v) is 14.2. The summed E-state index contributed by atoms with van der Waals surface area (Å²) in [5.41, 5.74) is 1.39. The van der Waals surface area contributed by atoms with E-state index >= 15 is 0 Å². The van der Waals surface area contributed by atoms with Gasteiger partial charge in [0.05, 0.1) is 0 Å². The van der Waals surface area contributed by atoms with Crippen LogP contribution in [0.1, 0.15) is 89.7 Å². The van der Waals surface area contributed by atoms with Gasteiger partial charge in [-0.25, -0.2) is 0 Å². The minimum absolute atomic E-state index is 0.477. The molecule has 1 atom stereocenters. The first kappa shape index (κ1) is 18.2. The molecule has 21 heavy (non-hydrogen) atoms. The van der Waals surface area contributed by atoms with Crippen LogP contribution in [0.5, 0.6) is 0 Å². The van der Waals surface area contributed by atoms with Crippen molar-refractivity contribution < 1.29 is 0 Å². The molecule has 0 aliphatic heterocycles. The van der Waals surface area contributed by atoms with E-state index in [4.69, 9.17) is 0 Å². The summed E-state index contributed by atoms with van der Waals surface area (Å²) in [6.45, 7) is 5.69. The fourth-order valence-corrected chi connectivity index (χ4v) is 2.79. The Bertz CT molecular complexity index is 320. The molecular weight excluding hydrogens is 254 g/mol. The number of hydrogen-bond donors (Lipinski definition) is 1. The summed E-state index contributed by atoms with van der Waals surface area (Å²) in [6, 6.07) is 11.2. The molecule has 1 nitrogen and oxygen atoms in total. The molecule has 1 aromatic carbocycles. The SMILES string of the molecule is CCCCCCCCCCCCNC(C)c1ccccc1. The number of hydrogen-bond acceptors (Lipinski definition) is 1. The van der Waals surface area contributed by atoms with Gasteiger partial charge >= 0.3 is 0 Å². The van der Waals surface area contributed by atoms with Crippen LogP contribution in [0.4, 0.5) is 0 Å². The molecule has 0 saturated heterocycles. The van der Waals surface area contributed by atoms with Crippen LogP contribution in [-0.4, -0.2) is 6.54 Å². The van der Waals surface area contributed by atoms with Crippen molar-refractivity contribution in [3.63, 3.8) is 0 Å². The number of nitrogens with one attached hydrogen (secondary N) is 1. The minimum Gasteiger partial charge on any atom is -0.310 e. The fraction of sp³-hybridized carbons (Fsp3) is 0.700. The molecule has 0 bridgehead atoms. The Balaban J connectivity index is 1.86. The third kappa shape index (κ3) is 9.68. The summed E-state index contributed by atoms with van der Waals surface area (Å²) in [5.74, 6) is 0. The standard InChI is InChI=1S/C20H35N/c1-3-4-5-6-7-8-9-10-11-15-18-21-19(2)20-16-13-12-14-17-20/h12-14,16-17,19,21H,3-11,15,18H2,1-2H3. The van der Waals surface area contributed by atoms with Crippen LogP contribution in [0.25, 0.3) is 0 Å². The van der Waals surface area contributed by atoms with Crippen molar-refractivity contribution in [3.8, 4) is 0 Å². The van der Waals surface area contributed by atoms with Crippen LogP contribution in [0.15, 0.2) is 30.3 Å². The Morgan fingerprint density at radius 1 is 0.762 bits per heavy atom. The fourth-order valence-electron chi connectivity index (χ4n) is 2.79. The third-order valence-electron chi connectivity index (χ3n) is 4.28. The summed E-state index contributed by atoms with van der Waals surface area (Å²) >= 11 is 0. The lowest BCUT2D eigenvalue weighted by Gasteiger charge is -2.13. The minimum atomic E-state index is 0.477. The van der Waals surface area contributed by atoms with E-state index in [1.165, 1.54) is 69.8 Å². The quantitative estimate of drug-likeness (QED) is 0.423. The summed E-state index contributed by atoms with van der Waals surface area (Å²) in [4.78, 5) is 0. The van der Waals surface area contributed by atoms with Gasteiger partial charge in [0.2, 0.25) is 0 Å². The summed E-state index contributed by atoms with van der Waals surface area (Å²) in [5, 5.41) is 3.62. The van der Waals surface area contributed by atoms with Crippen molar-refractivity contribution in [3.05, 3.63) is 35.9 Å². The van der Waals surface area contributed by atoms with Crippen molar-refractivity contribution in [2.75, 3.05) is 6.54 Å². The average molecular weight is 290 g/mol. The van der Waals surface area contributed by atoms with Gasteiger partial charge < -0.3 is 5.32 Å². The smallest absolute Gasteiger partial charge is 0.0291 e. The first-order valence-electron chi connectivity index (χ1n) is 9.13. The predicted molar refractivity (Wildman–Crippen MR) is 94.7 cm³/mol. The summed E-state index contributed by atoms with van der Waals surface area (Å²) in [7, 11) is 0. The maximum atomic E-state index is 3.62. The lowest BCUT2D eigenvalue weighted by atomic mass is 10.1. The van der Waals surface area contributed by atoms with E-state index < -0.39 is 0 Å². The predicted octanol–water partition coefficient (Wildman–Crippen LogP) is 6.26. The number of unbranched alkanes of at least 4 members (excludes halogenated alkanes) is 9. The molecule has 1 N–H and O–H groups in total. The van der Waals surface area contributed by atoms with Crippen LogP contribution in [0.3, 0.4) is 0 Å². The molecule has 0 aliphatic rings. The molecule has 0 saturated carbocycles. The van der Waals surface area contributed by atoms with Gasteiger partial charge in [0.25, 0.3) is 0 Å². The molecule has 1 rings (SSSR count). The van der Waals surface area contributed by atoms with Crippen molar-refractivity contribution in [2.45, 2.75) is 84.1 Å². The normalized spacial score (nSPS) is 12.5. The summed E-state index contributed by atoms with van der Waals surface area (Å²) < 4.78 is 0. The maximum absolute atomic E-state index is 3.62. The van der Waals surface area contributed by atoms with Gasteiger partial charge in [-0.1, -0.05) is 95.0 Å². The Morgan fingerprint density at radius 2 is 1.29 bits per heavy atom. The molecule has 0 fully saturated rings. The first-order valence-corrected chi connectivity index (χ1v) is 9.13.